The summed E-state index contributed by atoms with van der Waals surface area (Å²) < 4.78 is 6.43. The monoisotopic (exact) mass is 545 g/mol. The summed E-state index contributed by atoms with van der Waals surface area (Å²) in [6, 6.07) is 5.62. The van der Waals surface area contributed by atoms with E-state index < -0.39 is 0 Å². The number of rotatable bonds is 19. The summed E-state index contributed by atoms with van der Waals surface area (Å²) in [5.41, 5.74) is 2.15. The largest absolute Gasteiger partial charge is 0.378 e. The van der Waals surface area contributed by atoms with Gasteiger partial charge in [0.2, 0.25) is 0 Å². The van der Waals surface area contributed by atoms with Crippen LogP contribution in [0, 0.1) is 16.7 Å². The van der Waals surface area contributed by atoms with Crippen LogP contribution in [0.1, 0.15) is 108 Å². The molecule has 0 radical (unpaired) electrons. The van der Waals surface area contributed by atoms with E-state index in [4.69, 9.17) is 4.74 Å². The number of thioether (sulfide) groups is 1. The maximum atomic E-state index is 11.6. The molecule has 38 heavy (non-hydrogen) atoms. The van der Waals surface area contributed by atoms with Crippen molar-refractivity contribution in [2.75, 3.05) is 19.4 Å². The highest BCUT2D eigenvalue weighted by molar-refractivity contribution is 7.99. The van der Waals surface area contributed by atoms with E-state index in [9.17, 15) is 14.4 Å². The number of carbonyl (C=O) groups is 3. The Labute approximate surface area is 235 Å². The molecule has 0 N–H and O–H groups in total. The van der Waals surface area contributed by atoms with Gasteiger partial charge < -0.3 is 14.3 Å². The summed E-state index contributed by atoms with van der Waals surface area (Å²) in [7, 11) is 1.86. The van der Waals surface area contributed by atoms with Gasteiger partial charge in [-0.25, -0.2) is 0 Å². The second-order valence-electron chi connectivity index (χ2n) is 11.9. The second kappa shape index (κ2) is 15.9. The first-order valence-corrected chi connectivity index (χ1v) is 15.5. The Morgan fingerprint density at radius 3 is 2.47 bits per heavy atom. The van der Waals surface area contributed by atoms with Crippen LogP contribution in [0.3, 0.4) is 0 Å². The minimum absolute atomic E-state index is 0.259. The van der Waals surface area contributed by atoms with Crippen molar-refractivity contribution >= 4 is 30.6 Å². The average molecular weight is 546 g/mol. The lowest BCUT2D eigenvalue weighted by atomic mass is 9.64. The lowest BCUT2D eigenvalue weighted by Gasteiger charge is -2.43. The van der Waals surface area contributed by atoms with E-state index in [0.717, 1.165) is 54.5 Å². The third-order valence-corrected chi connectivity index (χ3v) is 10.6. The SMILES string of the molecule is CCC1(C)C(OCCCCCCCSc2ccc(C=O)c(CN(C)C(C=O)CCC=O)c2)CC(C)C1(C)C. The molecule has 1 fully saturated rings. The predicted octanol–water partition coefficient (Wildman–Crippen LogP) is 7.39. The molecule has 4 unspecified atom stereocenters. The first-order valence-electron chi connectivity index (χ1n) is 14.6. The van der Waals surface area contributed by atoms with Crippen molar-refractivity contribution in [3.63, 3.8) is 0 Å². The van der Waals surface area contributed by atoms with Gasteiger partial charge in [0, 0.05) is 30.0 Å². The number of likely N-dealkylation sites (N-methyl/N-ethyl adjacent to an activating group) is 1. The number of aldehydes is 3. The van der Waals surface area contributed by atoms with E-state index in [1.165, 1.54) is 32.1 Å². The van der Waals surface area contributed by atoms with Gasteiger partial charge in [-0.15, -0.1) is 11.8 Å². The fourth-order valence-corrected chi connectivity index (χ4v) is 6.85. The minimum Gasteiger partial charge on any atom is -0.378 e. The van der Waals surface area contributed by atoms with E-state index in [1.54, 1.807) is 0 Å². The van der Waals surface area contributed by atoms with Crippen molar-refractivity contribution in [3.8, 4) is 0 Å². The first kappa shape index (κ1) is 32.7. The van der Waals surface area contributed by atoms with Crippen LogP contribution < -0.4 is 0 Å². The Bertz CT molecular complexity index is 888. The molecule has 4 atom stereocenters. The van der Waals surface area contributed by atoms with Crippen molar-refractivity contribution in [1.82, 2.24) is 4.90 Å². The average Bonchev–Trinajstić information content (AvgIpc) is 3.07. The molecule has 5 nitrogen and oxygen atoms in total. The Morgan fingerprint density at radius 2 is 1.82 bits per heavy atom. The summed E-state index contributed by atoms with van der Waals surface area (Å²) in [6.45, 7) is 13.3. The van der Waals surface area contributed by atoms with Crippen LogP contribution in [0.5, 0.6) is 0 Å². The van der Waals surface area contributed by atoms with Crippen LogP contribution in [-0.2, 0) is 20.9 Å². The molecular formula is C32H51NO4S. The molecule has 1 aliphatic rings. The van der Waals surface area contributed by atoms with Crippen LogP contribution in [0.25, 0.3) is 0 Å². The van der Waals surface area contributed by atoms with Crippen molar-refractivity contribution in [2.24, 2.45) is 16.7 Å². The van der Waals surface area contributed by atoms with E-state index in [-0.39, 0.29) is 11.5 Å². The van der Waals surface area contributed by atoms with Gasteiger partial charge in [0.25, 0.3) is 0 Å². The fraction of sp³-hybridized carbons (Fsp3) is 0.719. The number of carbonyl (C=O) groups excluding carboxylic acids is 3. The topological polar surface area (TPSA) is 63.7 Å². The highest BCUT2D eigenvalue weighted by Gasteiger charge is 2.55. The zero-order valence-corrected chi connectivity index (χ0v) is 25.5. The number of hydrogen-bond acceptors (Lipinski definition) is 6. The van der Waals surface area contributed by atoms with E-state index in [2.05, 4.69) is 40.7 Å². The Hall–Kier alpha value is -1.50. The molecular weight excluding hydrogens is 494 g/mol. The molecule has 0 aromatic heterocycles. The Morgan fingerprint density at radius 1 is 1.11 bits per heavy atom. The summed E-state index contributed by atoms with van der Waals surface area (Å²) >= 11 is 1.82. The summed E-state index contributed by atoms with van der Waals surface area (Å²) in [6.07, 6.45) is 12.1. The number of ether oxygens (including phenoxy) is 1. The van der Waals surface area contributed by atoms with E-state index in [1.807, 2.05) is 35.8 Å². The fourth-order valence-electron chi connectivity index (χ4n) is 5.88. The van der Waals surface area contributed by atoms with E-state index >= 15 is 0 Å². The predicted molar refractivity (Wildman–Crippen MR) is 158 cm³/mol. The smallest absolute Gasteiger partial charge is 0.150 e. The van der Waals surface area contributed by atoms with Gasteiger partial charge >= 0.3 is 0 Å². The van der Waals surface area contributed by atoms with Crippen molar-refractivity contribution < 1.29 is 19.1 Å². The Balaban J connectivity index is 1.69. The summed E-state index contributed by atoms with van der Waals surface area (Å²) in [4.78, 5) is 36.7. The van der Waals surface area contributed by atoms with Gasteiger partial charge in [-0.2, -0.15) is 0 Å². The van der Waals surface area contributed by atoms with Crippen molar-refractivity contribution in [2.45, 2.75) is 116 Å². The molecule has 214 valence electrons. The molecule has 1 aromatic rings. The lowest BCUT2D eigenvalue weighted by Crippen LogP contribution is -2.40. The molecule has 1 aliphatic carbocycles. The summed E-state index contributed by atoms with van der Waals surface area (Å²) in [5.74, 6) is 1.75. The zero-order chi connectivity index (χ0) is 28.2. The highest BCUT2D eigenvalue weighted by Crippen LogP contribution is 2.58. The molecule has 2 rings (SSSR count). The molecule has 1 saturated carbocycles. The Kier molecular flexibility index (Phi) is 13.7. The maximum absolute atomic E-state index is 11.6. The second-order valence-corrected chi connectivity index (χ2v) is 13.1. The standard InChI is InChI=1S/C32H51NO4S/c1-7-32(5)30(20-25(2)31(32,3)4)37-18-11-9-8-10-12-19-38-29-16-15-26(23-35)27(21-29)22-33(6)28(24-36)14-13-17-34/h15-17,21,23-25,28,30H,7-14,18-20,22H2,1-6H3. The maximum Gasteiger partial charge on any atom is 0.150 e. The highest BCUT2D eigenvalue weighted by atomic mass is 32.2. The van der Waals surface area contributed by atoms with Crippen LogP contribution in [0.15, 0.2) is 23.1 Å². The van der Waals surface area contributed by atoms with Crippen molar-refractivity contribution in [1.29, 1.82) is 0 Å². The normalized spacial score (nSPS) is 23.4. The molecule has 1 aromatic carbocycles. The van der Waals surface area contributed by atoms with Gasteiger partial charge in [0.1, 0.15) is 18.9 Å². The van der Waals surface area contributed by atoms with Crippen LogP contribution in [0.2, 0.25) is 0 Å². The number of nitrogens with zero attached hydrogens (tertiary/aromatic N) is 1. The molecule has 0 saturated heterocycles. The van der Waals surface area contributed by atoms with Gasteiger partial charge in [0.05, 0.1) is 12.1 Å². The molecule has 0 aliphatic heterocycles. The number of unbranched alkanes of at least 4 members (excludes halogenated alkanes) is 4. The number of hydrogen-bond donors (Lipinski definition) is 0. The van der Waals surface area contributed by atoms with Gasteiger partial charge in [0.15, 0.2) is 0 Å². The van der Waals surface area contributed by atoms with Crippen LogP contribution in [-0.4, -0.2) is 55.3 Å². The van der Waals surface area contributed by atoms with Crippen LogP contribution >= 0.6 is 11.8 Å². The van der Waals surface area contributed by atoms with Gasteiger partial charge in [-0.1, -0.05) is 59.9 Å². The minimum atomic E-state index is -0.328. The number of benzene rings is 1. The third kappa shape index (κ3) is 8.50. The third-order valence-electron chi connectivity index (χ3n) is 9.56. The van der Waals surface area contributed by atoms with Crippen LogP contribution in [0.4, 0.5) is 0 Å². The zero-order valence-electron chi connectivity index (χ0n) is 24.7. The molecule has 0 heterocycles. The van der Waals surface area contributed by atoms with Crippen molar-refractivity contribution in [3.05, 3.63) is 29.3 Å². The van der Waals surface area contributed by atoms with Gasteiger partial charge in [-0.3, -0.25) is 9.69 Å². The first-order chi connectivity index (χ1) is 18.1. The quantitative estimate of drug-likeness (QED) is 0.103. The summed E-state index contributed by atoms with van der Waals surface area (Å²) in [5, 5.41) is 0. The van der Waals surface area contributed by atoms with E-state index in [0.29, 0.717) is 42.4 Å². The molecule has 0 spiro atoms. The molecule has 6 heteroatoms. The lowest BCUT2D eigenvalue weighted by molar-refractivity contribution is -0.113. The molecule has 0 amide bonds. The van der Waals surface area contributed by atoms with Gasteiger partial charge in [-0.05, 0) is 79.3 Å². The molecule has 0 bridgehead atoms.